The van der Waals surface area contributed by atoms with Crippen LogP contribution in [-0.4, -0.2) is 71.3 Å². The summed E-state index contributed by atoms with van der Waals surface area (Å²) in [6, 6.07) is 13.9. The standard InChI is InChI=1S/C29H33FN6O3S2/c1-20(33-41(38,39)28-16-32-29(40-28)35-13-12-34-18-24(37)14-23(34)17-35)25-4-2-3-5-26(25)27-15-31-19-36(27)11-10-21-6-8-22(30)9-7-21/h2-9,15-16,19-20,23-24,33,37H,10-14,17-18H2,1H3/t20-,23-,24+/m0/s1. The van der Waals surface area contributed by atoms with E-state index in [0.717, 1.165) is 48.4 Å². The fourth-order valence-electron chi connectivity index (χ4n) is 5.80. The zero-order valence-electron chi connectivity index (χ0n) is 22.7. The molecule has 4 heterocycles. The molecule has 4 aromatic rings. The van der Waals surface area contributed by atoms with Gasteiger partial charge in [0.1, 0.15) is 5.82 Å². The second-order valence-corrected chi connectivity index (χ2v) is 13.7. The Bertz CT molecular complexity index is 1610. The molecule has 2 aromatic heterocycles. The van der Waals surface area contributed by atoms with Gasteiger partial charge in [0, 0.05) is 50.4 Å². The Morgan fingerprint density at radius 1 is 1.12 bits per heavy atom. The zero-order chi connectivity index (χ0) is 28.6. The highest BCUT2D eigenvalue weighted by Crippen LogP contribution is 2.33. The number of anilines is 1. The van der Waals surface area contributed by atoms with Crippen LogP contribution in [0.2, 0.25) is 0 Å². The molecule has 0 bridgehead atoms. The number of fused-ring (bicyclic) bond motifs is 1. The first kappa shape index (κ1) is 28.0. The minimum Gasteiger partial charge on any atom is -0.392 e. The van der Waals surface area contributed by atoms with E-state index in [4.69, 9.17) is 0 Å². The highest BCUT2D eigenvalue weighted by molar-refractivity contribution is 7.91. The van der Waals surface area contributed by atoms with Gasteiger partial charge in [-0.25, -0.2) is 27.5 Å². The van der Waals surface area contributed by atoms with Crippen molar-refractivity contribution in [2.24, 2.45) is 0 Å². The number of piperazine rings is 1. The highest BCUT2D eigenvalue weighted by atomic mass is 32.2. The van der Waals surface area contributed by atoms with E-state index in [0.29, 0.717) is 24.6 Å². The number of rotatable bonds is 9. The number of nitrogens with one attached hydrogen (secondary N) is 1. The summed E-state index contributed by atoms with van der Waals surface area (Å²) in [4.78, 5) is 13.2. The van der Waals surface area contributed by atoms with Crippen molar-refractivity contribution in [1.82, 2.24) is 24.2 Å². The maximum absolute atomic E-state index is 13.4. The van der Waals surface area contributed by atoms with Crippen LogP contribution in [0.4, 0.5) is 9.52 Å². The Morgan fingerprint density at radius 2 is 1.93 bits per heavy atom. The van der Waals surface area contributed by atoms with Gasteiger partial charge < -0.3 is 14.6 Å². The van der Waals surface area contributed by atoms with Gasteiger partial charge in [-0.3, -0.25) is 4.90 Å². The predicted octanol–water partition coefficient (Wildman–Crippen LogP) is 3.68. The van der Waals surface area contributed by atoms with Crippen molar-refractivity contribution < 1.29 is 17.9 Å². The van der Waals surface area contributed by atoms with E-state index < -0.39 is 16.1 Å². The number of hydrogen-bond donors (Lipinski definition) is 2. The molecule has 2 N–H and O–H groups in total. The number of hydrogen-bond acceptors (Lipinski definition) is 8. The lowest BCUT2D eigenvalue weighted by atomic mass is 10.00. The number of aliphatic hydroxyl groups is 1. The number of halogens is 1. The van der Waals surface area contributed by atoms with Crippen molar-refractivity contribution in [1.29, 1.82) is 0 Å². The molecule has 2 aromatic carbocycles. The molecule has 0 saturated carbocycles. The molecule has 41 heavy (non-hydrogen) atoms. The van der Waals surface area contributed by atoms with Crippen LogP contribution in [0.25, 0.3) is 11.3 Å². The molecule has 12 heteroatoms. The molecular weight excluding hydrogens is 563 g/mol. The van der Waals surface area contributed by atoms with Gasteiger partial charge in [0.05, 0.1) is 30.5 Å². The van der Waals surface area contributed by atoms with Gasteiger partial charge in [-0.2, -0.15) is 0 Å². The van der Waals surface area contributed by atoms with Crippen LogP contribution in [0.1, 0.15) is 30.5 Å². The molecular formula is C29H33FN6O3S2. The van der Waals surface area contributed by atoms with Crippen molar-refractivity contribution in [2.75, 3.05) is 31.1 Å². The maximum Gasteiger partial charge on any atom is 0.252 e. The van der Waals surface area contributed by atoms with Crippen LogP contribution in [0.5, 0.6) is 0 Å². The Morgan fingerprint density at radius 3 is 2.76 bits per heavy atom. The minimum atomic E-state index is -3.82. The van der Waals surface area contributed by atoms with Gasteiger partial charge >= 0.3 is 0 Å². The quantitative estimate of drug-likeness (QED) is 0.304. The van der Waals surface area contributed by atoms with Crippen LogP contribution in [-0.2, 0) is 23.0 Å². The third kappa shape index (κ3) is 6.07. The van der Waals surface area contributed by atoms with Crippen molar-refractivity contribution in [3.8, 4) is 11.3 Å². The SMILES string of the molecule is C[C@H](NS(=O)(=O)c1cnc(N2CCN3C[C@H](O)C[C@H]3C2)s1)c1ccccc1-c1cncn1CCc1ccc(F)cc1. The molecule has 216 valence electrons. The van der Waals surface area contributed by atoms with Crippen LogP contribution >= 0.6 is 11.3 Å². The van der Waals surface area contributed by atoms with E-state index in [9.17, 15) is 17.9 Å². The molecule has 0 spiro atoms. The van der Waals surface area contributed by atoms with E-state index in [1.54, 1.807) is 24.7 Å². The topological polar surface area (TPSA) is 104 Å². The summed E-state index contributed by atoms with van der Waals surface area (Å²) in [5.74, 6) is -0.260. The third-order valence-corrected chi connectivity index (χ3v) is 11.0. The summed E-state index contributed by atoms with van der Waals surface area (Å²) in [6.07, 6.45) is 6.11. The molecule has 3 atom stereocenters. The Kier molecular flexibility index (Phi) is 7.92. The molecule has 2 fully saturated rings. The van der Waals surface area contributed by atoms with Gasteiger partial charge in [-0.05, 0) is 43.0 Å². The van der Waals surface area contributed by atoms with Crippen LogP contribution < -0.4 is 9.62 Å². The van der Waals surface area contributed by atoms with Gasteiger partial charge in [-0.15, -0.1) is 0 Å². The molecule has 0 unspecified atom stereocenters. The molecule has 6 rings (SSSR count). The Balaban J connectivity index is 1.16. The number of nitrogens with zero attached hydrogens (tertiary/aromatic N) is 5. The second kappa shape index (κ2) is 11.6. The van der Waals surface area contributed by atoms with E-state index in [-0.39, 0.29) is 22.2 Å². The smallest absolute Gasteiger partial charge is 0.252 e. The second-order valence-electron chi connectivity index (χ2n) is 10.7. The largest absolute Gasteiger partial charge is 0.392 e. The number of thiazole rings is 1. The molecule has 2 saturated heterocycles. The average molecular weight is 597 g/mol. The van der Waals surface area contributed by atoms with Crippen molar-refractivity contribution in [3.63, 3.8) is 0 Å². The molecule has 0 amide bonds. The van der Waals surface area contributed by atoms with Crippen molar-refractivity contribution in [3.05, 3.63) is 84.2 Å². The average Bonchev–Trinajstić information content (AvgIpc) is 3.71. The first-order valence-corrected chi connectivity index (χ1v) is 16.1. The summed E-state index contributed by atoms with van der Waals surface area (Å²) in [5, 5.41) is 10.7. The highest BCUT2D eigenvalue weighted by Gasteiger charge is 2.36. The molecule has 0 aliphatic carbocycles. The monoisotopic (exact) mass is 596 g/mol. The summed E-state index contributed by atoms with van der Waals surface area (Å²) in [7, 11) is -3.82. The molecule has 2 aliphatic rings. The number of benzene rings is 2. The van der Waals surface area contributed by atoms with Crippen molar-refractivity contribution in [2.45, 2.75) is 48.7 Å². The van der Waals surface area contributed by atoms with Gasteiger partial charge in [0.2, 0.25) is 0 Å². The third-order valence-electron chi connectivity index (χ3n) is 7.90. The van der Waals surface area contributed by atoms with Gasteiger partial charge in [0.25, 0.3) is 10.0 Å². The number of aromatic nitrogens is 3. The zero-order valence-corrected chi connectivity index (χ0v) is 24.4. The minimum absolute atomic E-state index is 0.176. The normalized spacial score (nSPS) is 20.3. The van der Waals surface area contributed by atoms with Gasteiger partial charge in [-0.1, -0.05) is 47.7 Å². The summed E-state index contributed by atoms with van der Waals surface area (Å²) in [5.41, 5.74) is 3.62. The molecule has 9 nitrogen and oxygen atoms in total. The predicted molar refractivity (Wildman–Crippen MR) is 157 cm³/mol. The van der Waals surface area contributed by atoms with Crippen LogP contribution in [0, 0.1) is 5.82 Å². The summed E-state index contributed by atoms with van der Waals surface area (Å²) in [6.45, 7) is 5.50. The lowest BCUT2D eigenvalue weighted by molar-refractivity contribution is 0.173. The summed E-state index contributed by atoms with van der Waals surface area (Å²) < 4.78 is 45.2. The molecule has 0 radical (unpaired) electrons. The maximum atomic E-state index is 13.4. The van der Waals surface area contributed by atoms with E-state index in [2.05, 4.69) is 24.5 Å². The van der Waals surface area contributed by atoms with Crippen LogP contribution in [0.15, 0.2) is 71.5 Å². The van der Waals surface area contributed by atoms with E-state index >= 15 is 0 Å². The first-order chi connectivity index (χ1) is 19.8. The lowest BCUT2D eigenvalue weighted by Gasteiger charge is -2.37. The van der Waals surface area contributed by atoms with Crippen molar-refractivity contribution >= 4 is 26.5 Å². The Hall–Kier alpha value is -3.16. The lowest BCUT2D eigenvalue weighted by Crippen LogP contribution is -2.50. The number of imidazole rings is 1. The van der Waals surface area contributed by atoms with Crippen LogP contribution in [0.3, 0.4) is 0 Å². The fraction of sp³-hybridized carbons (Fsp3) is 0.379. The van der Waals surface area contributed by atoms with E-state index in [1.165, 1.54) is 29.7 Å². The first-order valence-electron chi connectivity index (χ1n) is 13.8. The number of aliphatic hydroxyl groups excluding tert-OH is 1. The van der Waals surface area contributed by atoms with Gasteiger partial charge in [0.15, 0.2) is 9.34 Å². The number of aryl methyl sites for hydroxylation is 2. The fourth-order valence-corrected chi connectivity index (χ4v) is 8.19. The van der Waals surface area contributed by atoms with E-state index in [1.807, 2.05) is 35.8 Å². The Labute approximate surface area is 243 Å². The summed E-state index contributed by atoms with van der Waals surface area (Å²) >= 11 is 1.17. The number of sulfonamides is 1. The molecule has 2 aliphatic heterocycles.